The molecule has 0 saturated carbocycles. The summed E-state index contributed by atoms with van der Waals surface area (Å²) < 4.78 is 0. The van der Waals surface area contributed by atoms with Crippen LogP contribution in [0.4, 0.5) is 0 Å². The lowest BCUT2D eigenvalue weighted by Crippen LogP contribution is -1.89. The SMILES string of the molecule is CCCCCCCCCCCCCCC.O=C(S)CO. The minimum Gasteiger partial charge on any atom is -0.388 e. The second-order valence-electron chi connectivity index (χ2n) is 5.44. The molecule has 0 saturated heterocycles. The predicted molar refractivity (Wildman–Crippen MR) is 92.4 cm³/mol. The summed E-state index contributed by atoms with van der Waals surface area (Å²) in [6, 6.07) is 0. The lowest BCUT2D eigenvalue weighted by molar-refractivity contribution is -0.113. The largest absolute Gasteiger partial charge is 0.388 e. The molecule has 1 N–H and O–H groups in total. The van der Waals surface area contributed by atoms with E-state index in [4.69, 9.17) is 5.11 Å². The molecule has 122 valence electrons. The number of rotatable bonds is 13. The Hall–Kier alpha value is -0.0200. The van der Waals surface area contributed by atoms with Gasteiger partial charge in [0, 0.05) is 0 Å². The summed E-state index contributed by atoms with van der Waals surface area (Å²) >= 11 is 3.21. The molecule has 0 aromatic rings. The van der Waals surface area contributed by atoms with E-state index >= 15 is 0 Å². The van der Waals surface area contributed by atoms with Crippen molar-refractivity contribution in [3.63, 3.8) is 0 Å². The Morgan fingerprint density at radius 1 is 0.700 bits per heavy atom. The molecule has 0 aromatic carbocycles. The van der Waals surface area contributed by atoms with Crippen molar-refractivity contribution in [2.45, 2.75) is 97.3 Å². The van der Waals surface area contributed by atoms with Gasteiger partial charge in [-0.3, -0.25) is 4.79 Å². The molecular formula is C17H36O2S. The van der Waals surface area contributed by atoms with E-state index in [1.807, 2.05) is 0 Å². The van der Waals surface area contributed by atoms with E-state index in [2.05, 4.69) is 26.5 Å². The first-order valence-electron chi connectivity index (χ1n) is 8.51. The Bertz CT molecular complexity index is 172. The van der Waals surface area contributed by atoms with Crippen molar-refractivity contribution in [2.24, 2.45) is 0 Å². The van der Waals surface area contributed by atoms with Crippen molar-refractivity contribution in [3.05, 3.63) is 0 Å². The first-order chi connectivity index (χ1) is 9.68. The fourth-order valence-electron chi connectivity index (χ4n) is 2.09. The van der Waals surface area contributed by atoms with E-state index in [0.29, 0.717) is 0 Å². The molecule has 0 aliphatic rings. The Labute approximate surface area is 132 Å². The van der Waals surface area contributed by atoms with Gasteiger partial charge in [-0.25, -0.2) is 0 Å². The Morgan fingerprint density at radius 2 is 0.900 bits per heavy atom. The summed E-state index contributed by atoms with van der Waals surface area (Å²) in [5.74, 6) is 0. The molecule has 20 heavy (non-hydrogen) atoms. The van der Waals surface area contributed by atoms with Gasteiger partial charge >= 0.3 is 0 Å². The fourth-order valence-corrected chi connectivity index (χ4v) is 2.09. The van der Waals surface area contributed by atoms with Crippen molar-refractivity contribution in [1.29, 1.82) is 0 Å². The third-order valence-electron chi connectivity index (χ3n) is 3.34. The average Bonchev–Trinajstić information content (AvgIpc) is 2.45. The van der Waals surface area contributed by atoms with E-state index in [1.165, 1.54) is 83.5 Å². The number of carbonyl (C=O) groups excluding carboxylic acids is 1. The quantitative estimate of drug-likeness (QED) is 0.346. The van der Waals surface area contributed by atoms with Gasteiger partial charge in [0.05, 0.1) is 0 Å². The third kappa shape index (κ3) is 26.5. The molecule has 0 aliphatic carbocycles. The van der Waals surface area contributed by atoms with Gasteiger partial charge in [0.2, 0.25) is 5.12 Å². The molecule has 0 spiro atoms. The van der Waals surface area contributed by atoms with Gasteiger partial charge in [0.15, 0.2) is 0 Å². The number of hydrogen-bond donors (Lipinski definition) is 2. The molecule has 0 aromatic heterocycles. The molecule has 0 fully saturated rings. The maximum absolute atomic E-state index is 9.43. The van der Waals surface area contributed by atoms with Gasteiger partial charge < -0.3 is 5.11 Å². The van der Waals surface area contributed by atoms with E-state index in [9.17, 15) is 4.79 Å². The van der Waals surface area contributed by atoms with Crippen LogP contribution in [-0.4, -0.2) is 16.8 Å². The number of aliphatic hydroxyl groups is 1. The molecule has 2 nitrogen and oxygen atoms in total. The van der Waals surface area contributed by atoms with E-state index in [1.54, 1.807) is 0 Å². The highest BCUT2D eigenvalue weighted by atomic mass is 32.1. The normalized spacial score (nSPS) is 10.0. The molecular weight excluding hydrogens is 268 g/mol. The monoisotopic (exact) mass is 304 g/mol. The van der Waals surface area contributed by atoms with Gasteiger partial charge in [-0.1, -0.05) is 97.3 Å². The third-order valence-corrected chi connectivity index (χ3v) is 3.48. The Kier molecular flexibility index (Phi) is 23.7. The van der Waals surface area contributed by atoms with E-state index < -0.39 is 11.7 Å². The van der Waals surface area contributed by atoms with Crippen LogP contribution in [0.5, 0.6) is 0 Å². The number of hydrogen-bond acceptors (Lipinski definition) is 2. The molecule has 0 heterocycles. The van der Waals surface area contributed by atoms with Crippen molar-refractivity contribution >= 4 is 17.7 Å². The molecule has 0 aliphatic heterocycles. The van der Waals surface area contributed by atoms with Crippen LogP contribution < -0.4 is 0 Å². The second kappa shape index (κ2) is 21.3. The van der Waals surface area contributed by atoms with Crippen LogP contribution in [0.2, 0.25) is 0 Å². The first-order valence-corrected chi connectivity index (χ1v) is 8.96. The molecule has 0 amide bonds. The highest BCUT2D eigenvalue weighted by molar-refractivity contribution is 7.96. The van der Waals surface area contributed by atoms with E-state index in [-0.39, 0.29) is 0 Å². The zero-order valence-electron chi connectivity index (χ0n) is 13.7. The maximum Gasteiger partial charge on any atom is 0.211 e. The first kappa shape index (κ1) is 22.3. The van der Waals surface area contributed by atoms with Crippen LogP contribution in [-0.2, 0) is 4.79 Å². The summed E-state index contributed by atoms with van der Waals surface area (Å²) in [7, 11) is 0. The van der Waals surface area contributed by atoms with Crippen molar-refractivity contribution in [1.82, 2.24) is 0 Å². The molecule has 3 heteroatoms. The molecule has 0 radical (unpaired) electrons. The van der Waals surface area contributed by atoms with Gasteiger partial charge in [0.25, 0.3) is 0 Å². The Morgan fingerprint density at radius 3 is 1.05 bits per heavy atom. The smallest absolute Gasteiger partial charge is 0.211 e. The van der Waals surface area contributed by atoms with Gasteiger partial charge in [-0.15, -0.1) is 12.6 Å². The minimum absolute atomic E-state index is 0.469. The van der Waals surface area contributed by atoms with Gasteiger partial charge in [-0.2, -0.15) is 0 Å². The Balaban J connectivity index is 0. The lowest BCUT2D eigenvalue weighted by Gasteiger charge is -2.01. The summed E-state index contributed by atoms with van der Waals surface area (Å²) in [6.07, 6.45) is 18.9. The number of carbonyl (C=O) groups is 1. The standard InChI is InChI=1S/C15H32.C2H4O2S/c1-3-5-7-9-11-13-15-14-12-10-8-6-4-2;3-1-2(4)5/h3-15H2,1-2H3;3H,1H2,(H,4,5). The summed E-state index contributed by atoms with van der Waals surface area (Å²) in [6.45, 7) is 4.11. The van der Waals surface area contributed by atoms with E-state index in [0.717, 1.165) is 0 Å². The zero-order chi connectivity index (χ0) is 15.5. The number of unbranched alkanes of at least 4 members (excludes halogenated alkanes) is 12. The van der Waals surface area contributed by atoms with Crippen LogP contribution in [0.25, 0.3) is 0 Å². The summed E-state index contributed by atoms with van der Waals surface area (Å²) in [5.41, 5.74) is 0. The molecule has 0 bridgehead atoms. The molecule has 0 rings (SSSR count). The van der Waals surface area contributed by atoms with Crippen LogP contribution in [0, 0.1) is 0 Å². The highest BCUT2D eigenvalue weighted by Gasteiger charge is 1.92. The number of thiol groups is 1. The lowest BCUT2D eigenvalue weighted by atomic mass is 10.1. The summed E-state index contributed by atoms with van der Waals surface area (Å²) in [4.78, 5) is 9.43. The van der Waals surface area contributed by atoms with Crippen molar-refractivity contribution in [2.75, 3.05) is 6.61 Å². The fraction of sp³-hybridized carbons (Fsp3) is 0.941. The van der Waals surface area contributed by atoms with Crippen LogP contribution in [0.3, 0.4) is 0 Å². The van der Waals surface area contributed by atoms with Gasteiger partial charge in [-0.05, 0) is 0 Å². The topological polar surface area (TPSA) is 37.3 Å². The van der Waals surface area contributed by atoms with Crippen molar-refractivity contribution in [3.8, 4) is 0 Å². The minimum atomic E-state index is -0.495. The molecule has 0 atom stereocenters. The second-order valence-corrected chi connectivity index (χ2v) is 5.94. The van der Waals surface area contributed by atoms with Crippen LogP contribution >= 0.6 is 12.6 Å². The van der Waals surface area contributed by atoms with Gasteiger partial charge in [0.1, 0.15) is 6.61 Å². The molecule has 0 unspecified atom stereocenters. The zero-order valence-corrected chi connectivity index (χ0v) is 14.6. The van der Waals surface area contributed by atoms with Crippen molar-refractivity contribution < 1.29 is 9.90 Å². The van der Waals surface area contributed by atoms with Crippen LogP contribution in [0.15, 0.2) is 0 Å². The van der Waals surface area contributed by atoms with Crippen LogP contribution in [0.1, 0.15) is 97.3 Å². The predicted octanol–water partition coefficient (Wildman–Crippen LogP) is 5.53. The summed E-state index contributed by atoms with van der Waals surface area (Å²) in [5, 5.41) is 7.22. The average molecular weight is 305 g/mol. The number of aliphatic hydroxyl groups excluding tert-OH is 1. The highest BCUT2D eigenvalue weighted by Crippen LogP contribution is 2.12. The maximum atomic E-state index is 9.43.